The van der Waals surface area contributed by atoms with Gasteiger partial charge in [-0.1, -0.05) is 19.1 Å². The van der Waals surface area contributed by atoms with Gasteiger partial charge in [0, 0.05) is 25.5 Å². The zero-order valence-corrected chi connectivity index (χ0v) is 12.3. The van der Waals surface area contributed by atoms with Crippen molar-refractivity contribution in [3.8, 4) is 0 Å². The first-order valence-corrected chi connectivity index (χ1v) is 7.47. The number of aromatic nitrogens is 2. The number of nitrogens with one attached hydrogen (secondary N) is 1. The lowest BCUT2D eigenvalue weighted by Gasteiger charge is -2.23. The predicted molar refractivity (Wildman–Crippen MR) is 84.3 cm³/mol. The van der Waals surface area contributed by atoms with Gasteiger partial charge in [-0.15, -0.1) is 0 Å². The monoisotopic (exact) mass is 270 g/mol. The van der Waals surface area contributed by atoms with Crippen LogP contribution in [-0.4, -0.2) is 30.1 Å². The molecule has 1 aromatic heterocycles. The molecule has 1 aliphatic rings. The molecule has 20 heavy (non-hydrogen) atoms. The highest BCUT2D eigenvalue weighted by Crippen LogP contribution is 2.28. The van der Waals surface area contributed by atoms with Crippen molar-refractivity contribution in [2.24, 2.45) is 5.92 Å². The molecule has 4 heteroatoms. The summed E-state index contributed by atoms with van der Waals surface area (Å²) in [6, 6.07) is 8.28. The van der Waals surface area contributed by atoms with Crippen LogP contribution in [0.1, 0.15) is 26.2 Å². The minimum absolute atomic E-state index is 0.705. The minimum Gasteiger partial charge on any atom is -0.357 e. The van der Waals surface area contributed by atoms with Crippen molar-refractivity contribution in [3.63, 3.8) is 0 Å². The molecule has 2 aromatic rings. The molecule has 1 saturated heterocycles. The second-order valence-electron chi connectivity index (χ2n) is 5.66. The number of hydrogen-bond donors (Lipinski definition) is 1. The van der Waals surface area contributed by atoms with Crippen LogP contribution in [0.2, 0.25) is 0 Å². The SMILES string of the molecule is CNc1nc(N2CCCC(C)CC2)c2ccccc2n1. The molecule has 0 aliphatic carbocycles. The summed E-state index contributed by atoms with van der Waals surface area (Å²) in [5, 5.41) is 4.23. The zero-order chi connectivity index (χ0) is 13.9. The lowest BCUT2D eigenvalue weighted by molar-refractivity contribution is 0.521. The van der Waals surface area contributed by atoms with E-state index in [0.717, 1.165) is 35.7 Å². The molecule has 1 aromatic carbocycles. The molecule has 106 valence electrons. The Morgan fingerprint density at radius 1 is 1.15 bits per heavy atom. The highest BCUT2D eigenvalue weighted by atomic mass is 15.2. The van der Waals surface area contributed by atoms with Crippen LogP contribution in [0.25, 0.3) is 10.9 Å². The van der Waals surface area contributed by atoms with E-state index in [1.54, 1.807) is 0 Å². The highest BCUT2D eigenvalue weighted by Gasteiger charge is 2.18. The van der Waals surface area contributed by atoms with Gasteiger partial charge in [-0.2, -0.15) is 4.98 Å². The van der Waals surface area contributed by atoms with Gasteiger partial charge < -0.3 is 10.2 Å². The Kier molecular flexibility index (Phi) is 3.72. The van der Waals surface area contributed by atoms with E-state index in [-0.39, 0.29) is 0 Å². The van der Waals surface area contributed by atoms with Crippen LogP contribution in [0.3, 0.4) is 0 Å². The maximum absolute atomic E-state index is 4.71. The second-order valence-corrected chi connectivity index (χ2v) is 5.66. The molecule has 0 radical (unpaired) electrons. The molecule has 1 atom stereocenters. The third-order valence-corrected chi connectivity index (χ3v) is 4.12. The second kappa shape index (κ2) is 5.65. The van der Waals surface area contributed by atoms with E-state index in [0.29, 0.717) is 5.95 Å². The summed E-state index contributed by atoms with van der Waals surface area (Å²) in [5.74, 6) is 2.60. The lowest BCUT2D eigenvalue weighted by Crippen LogP contribution is -2.25. The van der Waals surface area contributed by atoms with Crippen molar-refractivity contribution in [1.29, 1.82) is 0 Å². The quantitative estimate of drug-likeness (QED) is 0.909. The van der Waals surface area contributed by atoms with Gasteiger partial charge in [-0.3, -0.25) is 0 Å². The Hall–Kier alpha value is -1.84. The van der Waals surface area contributed by atoms with Gasteiger partial charge in [0.1, 0.15) is 5.82 Å². The maximum atomic E-state index is 4.71. The Labute approximate surface area is 120 Å². The largest absolute Gasteiger partial charge is 0.357 e. The van der Waals surface area contributed by atoms with Crippen LogP contribution >= 0.6 is 0 Å². The van der Waals surface area contributed by atoms with Crippen LogP contribution in [-0.2, 0) is 0 Å². The Bertz CT molecular complexity index is 596. The van der Waals surface area contributed by atoms with Crippen molar-refractivity contribution in [2.45, 2.75) is 26.2 Å². The molecule has 3 rings (SSSR count). The number of nitrogens with zero attached hydrogens (tertiary/aromatic N) is 3. The third-order valence-electron chi connectivity index (χ3n) is 4.12. The minimum atomic E-state index is 0.705. The smallest absolute Gasteiger partial charge is 0.224 e. The van der Waals surface area contributed by atoms with Gasteiger partial charge in [-0.05, 0) is 37.3 Å². The first-order chi connectivity index (χ1) is 9.78. The van der Waals surface area contributed by atoms with Crippen LogP contribution in [0, 0.1) is 5.92 Å². The molecule has 0 amide bonds. The summed E-state index contributed by atoms with van der Waals surface area (Å²) in [6.07, 6.45) is 3.81. The van der Waals surface area contributed by atoms with E-state index in [9.17, 15) is 0 Å². The van der Waals surface area contributed by atoms with E-state index >= 15 is 0 Å². The molecule has 1 unspecified atom stereocenters. The van der Waals surface area contributed by atoms with Crippen molar-refractivity contribution in [3.05, 3.63) is 24.3 Å². The van der Waals surface area contributed by atoms with Gasteiger partial charge in [0.2, 0.25) is 5.95 Å². The fourth-order valence-electron chi connectivity index (χ4n) is 2.89. The van der Waals surface area contributed by atoms with Crippen molar-refractivity contribution >= 4 is 22.7 Å². The van der Waals surface area contributed by atoms with Gasteiger partial charge in [0.15, 0.2) is 0 Å². The molecule has 0 saturated carbocycles. The van der Waals surface area contributed by atoms with Gasteiger partial charge in [-0.25, -0.2) is 4.98 Å². The van der Waals surface area contributed by atoms with Crippen LogP contribution in [0.15, 0.2) is 24.3 Å². The Balaban J connectivity index is 2.04. The zero-order valence-electron chi connectivity index (χ0n) is 12.3. The third kappa shape index (κ3) is 2.55. The average Bonchev–Trinajstić information content (AvgIpc) is 2.71. The molecule has 0 spiro atoms. The molecule has 1 fully saturated rings. The number of fused-ring (bicyclic) bond motifs is 1. The summed E-state index contributed by atoms with van der Waals surface area (Å²) in [4.78, 5) is 11.7. The van der Waals surface area contributed by atoms with E-state index < -0.39 is 0 Å². The summed E-state index contributed by atoms with van der Waals surface area (Å²) >= 11 is 0. The van der Waals surface area contributed by atoms with Crippen LogP contribution in [0.5, 0.6) is 0 Å². The molecular weight excluding hydrogens is 248 g/mol. The van der Waals surface area contributed by atoms with E-state index in [2.05, 4.69) is 40.3 Å². The molecule has 4 nitrogen and oxygen atoms in total. The number of para-hydroxylation sites is 1. The summed E-state index contributed by atoms with van der Waals surface area (Å²) in [7, 11) is 1.87. The Morgan fingerprint density at radius 3 is 2.85 bits per heavy atom. The summed E-state index contributed by atoms with van der Waals surface area (Å²) in [5.41, 5.74) is 1.01. The topological polar surface area (TPSA) is 41.1 Å². The molecule has 1 aliphatic heterocycles. The highest BCUT2D eigenvalue weighted by molar-refractivity contribution is 5.90. The number of anilines is 2. The first kappa shape index (κ1) is 13.2. The number of rotatable bonds is 2. The Morgan fingerprint density at radius 2 is 2.00 bits per heavy atom. The van der Waals surface area contributed by atoms with Gasteiger partial charge >= 0.3 is 0 Å². The van der Waals surface area contributed by atoms with Crippen molar-refractivity contribution < 1.29 is 0 Å². The predicted octanol–water partition coefficient (Wildman–Crippen LogP) is 3.30. The van der Waals surface area contributed by atoms with Gasteiger partial charge in [0.25, 0.3) is 0 Å². The van der Waals surface area contributed by atoms with Crippen LogP contribution in [0.4, 0.5) is 11.8 Å². The summed E-state index contributed by atoms with van der Waals surface area (Å²) in [6.45, 7) is 4.53. The van der Waals surface area contributed by atoms with E-state index in [1.807, 2.05) is 13.1 Å². The van der Waals surface area contributed by atoms with E-state index in [4.69, 9.17) is 4.98 Å². The average molecular weight is 270 g/mol. The number of benzene rings is 1. The lowest BCUT2D eigenvalue weighted by atomic mass is 10.0. The first-order valence-electron chi connectivity index (χ1n) is 7.47. The van der Waals surface area contributed by atoms with E-state index in [1.165, 1.54) is 19.3 Å². The van der Waals surface area contributed by atoms with Crippen molar-refractivity contribution in [1.82, 2.24) is 9.97 Å². The fourth-order valence-corrected chi connectivity index (χ4v) is 2.89. The standard InChI is InChI=1S/C16H22N4/c1-12-6-5-10-20(11-9-12)15-13-7-3-4-8-14(13)18-16(17-2)19-15/h3-4,7-8,12H,5-6,9-11H2,1-2H3,(H,17,18,19). The number of hydrogen-bond acceptors (Lipinski definition) is 4. The summed E-state index contributed by atoms with van der Waals surface area (Å²) < 4.78 is 0. The van der Waals surface area contributed by atoms with Crippen LogP contribution < -0.4 is 10.2 Å². The molecule has 0 bridgehead atoms. The molecule has 1 N–H and O–H groups in total. The molecule has 2 heterocycles. The molecular formula is C16H22N4. The fraction of sp³-hybridized carbons (Fsp3) is 0.500. The maximum Gasteiger partial charge on any atom is 0.224 e. The van der Waals surface area contributed by atoms with Gasteiger partial charge in [0.05, 0.1) is 5.52 Å². The van der Waals surface area contributed by atoms with Crippen molar-refractivity contribution in [2.75, 3.05) is 30.4 Å². The normalized spacial score (nSPS) is 19.9.